The lowest BCUT2D eigenvalue weighted by Crippen LogP contribution is -2.39. The second-order valence-corrected chi connectivity index (χ2v) is 3.58. The Morgan fingerprint density at radius 3 is 2.88 bits per heavy atom. The summed E-state index contributed by atoms with van der Waals surface area (Å²) in [4.78, 5) is 23.9. The number of carbonyl (C=O) groups excluding carboxylic acids is 1. The number of aliphatic carboxylic acids is 1. The van der Waals surface area contributed by atoms with Crippen molar-refractivity contribution >= 4 is 17.7 Å². The molecule has 1 aliphatic heterocycles. The van der Waals surface area contributed by atoms with Crippen LogP contribution in [0.5, 0.6) is 5.75 Å². The molecule has 1 fully saturated rings. The summed E-state index contributed by atoms with van der Waals surface area (Å²) in [6.45, 7) is 0.0895. The lowest BCUT2D eigenvalue weighted by Gasteiger charge is -2.21. The predicted molar refractivity (Wildman–Crippen MR) is 60.3 cm³/mol. The van der Waals surface area contributed by atoms with Crippen molar-refractivity contribution in [2.24, 2.45) is 0 Å². The molecule has 1 atom stereocenters. The summed E-state index contributed by atoms with van der Waals surface area (Å²) in [5, 5.41) is 11.6. The van der Waals surface area contributed by atoms with E-state index in [-0.39, 0.29) is 6.54 Å². The van der Waals surface area contributed by atoms with E-state index in [1.807, 2.05) is 0 Å². The first kappa shape index (κ1) is 11.3. The molecule has 1 aromatic carbocycles. The number of carbonyl (C=O) groups is 2. The zero-order valence-corrected chi connectivity index (χ0v) is 9.21. The standard InChI is InChI=1S/C11H12N2O4/c1-17-9-5-3-2-4-7(9)13-8(10(14)15)6-12-11(13)16/h2-5,8H,6H2,1H3,(H,12,16)(H,14,15). The van der Waals surface area contributed by atoms with Gasteiger partial charge in [0.05, 0.1) is 19.3 Å². The summed E-state index contributed by atoms with van der Waals surface area (Å²) in [5.74, 6) is -0.579. The summed E-state index contributed by atoms with van der Waals surface area (Å²) < 4.78 is 5.12. The zero-order valence-electron chi connectivity index (χ0n) is 9.21. The van der Waals surface area contributed by atoms with Gasteiger partial charge in [0.2, 0.25) is 0 Å². The predicted octanol–water partition coefficient (Wildman–Crippen LogP) is 0.678. The summed E-state index contributed by atoms with van der Waals surface area (Å²) in [6, 6.07) is 5.48. The number of nitrogens with one attached hydrogen (secondary N) is 1. The Morgan fingerprint density at radius 1 is 1.53 bits per heavy atom. The number of para-hydroxylation sites is 2. The van der Waals surface area contributed by atoms with Crippen molar-refractivity contribution in [1.82, 2.24) is 5.32 Å². The van der Waals surface area contributed by atoms with Gasteiger partial charge in [-0.1, -0.05) is 12.1 Å². The van der Waals surface area contributed by atoms with Crippen LogP contribution in [-0.4, -0.2) is 36.8 Å². The molecule has 0 aromatic heterocycles. The van der Waals surface area contributed by atoms with Crippen molar-refractivity contribution in [2.75, 3.05) is 18.6 Å². The van der Waals surface area contributed by atoms with Crippen LogP contribution in [0, 0.1) is 0 Å². The maximum atomic E-state index is 11.7. The van der Waals surface area contributed by atoms with Crippen LogP contribution in [0.2, 0.25) is 0 Å². The van der Waals surface area contributed by atoms with Gasteiger partial charge in [-0.2, -0.15) is 0 Å². The van der Waals surface area contributed by atoms with Crippen LogP contribution < -0.4 is 15.0 Å². The fourth-order valence-electron chi connectivity index (χ4n) is 1.81. The van der Waals surface area contributed by atoms with Crippen LogP contribution in [0.1, 0.15) is 0 Å². The van der Waals surface area contributed by atoms with Gasteiger partial charge >= 0.3 is 12.0 Å². The fourth-order valence-corrected chi connectivity index (χ4v) is 1.81. The van der Waals surface area contributed by atoms with Crippen molar-refractivity contribution in [1.29, 1.82) is 0 Å². The maximum absolute atomic E-state index is 11.7. The van der Waals surface area contributed by atoms with E-state index < -0.39 is 18.0 Å². The van der Waals surface area contributed by atoms with E-state index in [0.29, 0.717) is 11.4 Å². The first-order valence-electron chi connectivity index (χ1n) is 5.08. The molecule has 0 radical (unpaired) electrons. The molecule has 2 N–H and O–H groups in total. The Balaban J connectivity index is 2.43. The van der Waals surface area contributed by atoms with E-state index in [2.05, 4.69) is 5.32 Å². The molecule has 0 bridgehead atoms. The van der Waals surface area contributed by atoms with Crippen molar-refractivity contribution in [2.45, 2.75) is 6.04 Å². The third-order valence-electron chi connectivity index (χ3n) is 2.61. The number of amides is 2. The maximum Gasteiger partial charge on any atom is 0.328 e. The summed E-state index contributed by atoms with van der Waals surface area (Å²) in [6.07, 6.45) is 0. The van der Waals surface area contributed by atoms with Crippen LogP contribution >= 0.6 is 0 Å². The Kier molecular flexibility index (Phi) is 2.86. The summed E-state index contributed by atoms with van der Waals surface area (Å²) in [5.41, 5.74) is 0.456. The molecule has 1 saturated heterocycles. The molecule has 1 heterocycles. The SMILES string of the molecule is COc1ccccc1N1C(=O)NCC1C(=O)O. The highest BCUT2D eigenvalue weighted by Crippen LogP contribution is 2.30. The van der Waals surface area contributed by atoms with Crippen LogP contribution in [0.25, 0.3) is 0 Å². The average molecular weight is 236 g/mol. The van der Waals surface area contributed by atoms with Gasteiger partial charge in [-0.05, 0) is 12.1 Å². The molecule has 2 rings (SSSR count). The Labute approximate surface area is 97.8 Å². The molecule has 90 valence electrons. The number of carboxylic acid groups (broad SMARTS) is 1. The van der Waals surface area contributed by atoms with Gasteiger partial charge in [0, 0.05) is 0 Å². The smallest absolute Gasteiger partial charge is 0.328 e. The van der Waals surface area contributed by atoms with Gasteiger partial charge in [-0.25, -0.2) is 9.59 Å². The minimum absolute atomic E-state index is 0.0895. The van der Waals surface area contributed by atoms with Crippen LogP contribution in [-0.2, 0) is 4.79 Å². The van der Waals surface area contributed by atoms with Gasteiger partial charge in [-0.15, -0.1) is 0 Å². The monoisotopic (exact) mass is 236 g/mol. The number of rotatable bonds is 3. The van der Waals surface area contributed by atoms with E-state index >= 15 is 0 Å². The lowest BCUT2D eigenvalue weighted by atomic mass is 10.2. The largest absolute Gasteiger partial charge is 0.495 e. The molecule has 2 amide bonds. The normalized spacial score (nSPS) is 19.0. The molecule has 1 aromatic rings. The highest BCUT2D eigenvalue weighted by atomic mass is 16.5. The van der Waals surface area contributed by atoms with E-state index in [0.717, 1.165) is 0 Å². The Bertz CT molecular complexity index is 461. The van der Waals surface area contributed by atoms with E-state index in [1.54, 1.807) is 24.3 Å². The fraction of sp³-hybridized carbons (Fsp3) is 0.273. The van der Waals surface area contributed by atoms with Gasteiger partial charge in [-0.3, -0.25) is 4.90 Å². The highest BCUT2D eigenvalue weighted by Gasteiger charge is 2.38. The average Bonchev–Trinajstić information content (AvgIpc) is 2.71. The lowest BCUT2D eigenvalue weighted by molar-refractivity contribution is -0.137. The Morgan fingerprint density at radius 2 is 2.24 bits per heavy atom. The number of methoxy groups -OCH3 is 1. The molecule has 17 heavy (non-hydrogen) atoms. The van der Waals surface area contributed by atoms with E-state index in [1.165, 1.54) is 12.0 Å². The van der Waals surface area contributed by atoms with Gasteiger partial charge in [0.1, 0.15) is 5.75 Å². The minimum Gasteiger partial charge on any atom is -0.495 e. The molecule has 0 aliphatic carbocycles. The number of nitrogens with zero attached hydrogens (tertiary/aromatic N) is 1. The number of carboxylic acids is 1. The molecular weight excluding hydrogens is 224 g/mol. The number of ether oxygens (including phenoxy) is 1. The molecule has 0 saturated carbocycles. The first-order chi connectivity index (χ1) is 8.15. The third kappa shape index (κ3) is 1.89. The van der Waals surface area contributed by atoms with Crippen molar-refractivity contribution < 1.29 is 19.4 Å². The second-order valence-electron chi connectivity index (χ2n) is 3.58. The molecule has 0 spiro atoms. The number of urea groups is 1. The van der Waals surface area contributed by atoms with Crippen LogP contribution in [0.4, 0.5) is 10.5 Å². The van der Waals surface area contributed by atoms with Crippen LogP contribution in [0.3, 0.4) is 0 Å². The molecule has 6 nitrogen and oxygen atoms in total. The highest BCUT2D eigenvalue weighted by molar-refractivity contribution is 6.02. The number of anilines is 1. The third-order valence-corrected chi connectivity index (χ3v) is 2.61. The number of hydrogen-bond donors (Lipinski definition) is 2. The molecule has 1 aliphatic rings. The second kappa shape index (κ2) is 4.32. The topological polar surface area (TPSA) is 78.9 Å². The van der Waals surface area contributed by atoms with Crippen molar-refractivity contribution in [3.63, 3.8) is 0 Å². The van der Waals surface area contributed by atoms with Crippen molar-refractivity contribution in [3.8, 4) is 5.75 Å². The number of hydrogen-bond acceptors (Lipinski definition) is 3. The quantitative estimate of drug-likeness (QED) is 0.808. The summed E-state index contributed by atoms with van der Waals surface area (Å²) >= 11 is 0. The van der Waals surface area contributed by atoms with E-state index in [4.69, 9.17) is 9.84 Å². The summed E-state index contributed by atoms with van der Waals surface area (Å²) in [7, 11) is 1.47. The van der Waals surface area contributed by atoms with Crippen LogP contribution in [0.15, 0.2) is 24.3 Å². The van der Waals surface area contributed by atoms with Gasteiger partial charge in [0.25, 0.3) is 0 Å². The van der Waals surface area contributed by atoms with Crippen molar-refractivity contribution in [3.05, 3.63) is 24.3 Å². The number of benzene rings is 1. The first-order valence-corrected chi connectivity index (χ1v) is 5.08. The minimum atomic E-state index is -1.05. The Hall–Kier alpha value is -2.24. The van der Waals surface area contributed by atoms with Gasteiger partial charge < -0.3 is 15.2 Å². The molecule has 1 unspecified atom stereocenters. The van der Waals surface area contributed by atoms with Gasteiger partial charge in [0.15, 0.2) is 6.04 Å². The molecule has 6 heteroatoms. The van der Waals surface area contributed by atoms with E-state index in [9.17, 15) is 9.59 Å². The zero-order chi connectivity index (χ0) is 12.4. The molecular formula is C11H12N2O4.